The molecule has 1 saturated heterocycles. The Bertz CT molecular complexity index is 1050. The molecule has 0 saturated carbocycles. The van der Waals surface area contributed by atoms with Crippen LogP contribution in [0.2, 0.25) is 5.02 Å². The van der Waals surface area contributed by atoms with Crippen molar-refractivity contribution in [2.45, 2.75) is 32.3 Å². The van der Waals surface area contributed by atoms with Crippen molar-refractivity contribution >= 4 is 23.2 Å². The van der Waals surface area contributed by atoms with Gasteiger partial charge < -0.3 is 18.9 Å². The standard InChI is InChI=1S/C22H22ClN3O4/c1-13(2)29-17-7-4-14(5-8-17)21-24-22(30-25-21)15-10-20(27)26(12-15)16-6-9-19(28-3)18(23)11-16/h4-9,11,13,15H,10,12H2,1-3H3. The van der Waals surface area contributed by atoms with Crippen molar-refractivity contribution in [2.75, 3.05) is 18.6 Å². The van der Waals surface area contributed by atoms with Gasteiger partial charge in [0.15, 0.2) is 0 Å². The first kappa shape index (κ1) is 20.2. The van der Waals surface area contributed by atoms with E-state index < -0.39 is 0 Å². The fourth-order valence-electron chi connectivity index (χ4n) is 3.42. The fraction of sp³-hybridized carbons (Fsp3) is 0.318. The van der Waals surface area contributed by atoms with Crippen molar-refractivity contribution in [2.24, 2.45) is 0 Å². The van der Waals surface area contributed by atoms with Gasteiger partial charge in [-0.15, -0.1) is 0 Å². The maximum atomic E-state index is 12.6. The SMILES string of the molecule is COc1ccc(N2CC(c3nc(-c4ccc(OC(C)C)cc4)no3)CC2=O)cc1Cl. The van der Waals surface area contributed by atoms with Crippen molar-refractivity contribution in [3.8, 4) is 22.9 Å². The van der Waals surface area contributed by atoms with Gasteiger partial charge in [0.05, 0.1) is 24.2 Å². The molecule has 0 bridgehead atoms. The van der Waals surface area contributed by atoms with Crippen LogP contribution in [0.3, 0.4) is 0 Å². The number of ether oxygens (including phenoxy) is 2. The molecule has 0 radical (unpaired) electrons. The van der Waals surface area contributed by atoms with E-state index in [1.165, 1.54) is 0 Å². The molecule has 4 rings (SSSR count). The summed E-state index contributed by atoms with van der Waals surface area (Å²) >= 11 is 6.21. The molecule has 7 nitrogen and oxygen atoms in total. The van der Waals surface area contributed by atoms with E-state index in [1.54, 1.807) is 24.1 Å². The highest BCUT2D eigenvalue weighted by molar-refractivity contribution is 6.32. The van der Waals surface area contributed by atoms with E-state index >= 15 is 0 Å². The predicted molar refractivity (Wildman–Crippen MR) is 113 cm³/mol. The monoisotopic (exact) mass is 427 g/mol. The molecule has 0 aliphatic carbocycles. The zero-order valence-corrected chi connectivity index (χ0v) is 17.7. The predicted octanol–water partition coefficient (Wildman–Crippen LogP) is 4.71. The van der Waals surface area contributed by atoms with Crippen LogP contribution in [0.25, 0.3) is 11.4 Å². The minimum atomic E-state index is -0.178. The molecular weight excluding hydrogens is 406 g/mol. The summed E-state index contributed by atoms with van der Waals surface area (Å²) in [5.41, 5.74) is 1.54. The maximum absolute atomic E-state index is 12.6. The van der Waals surface area contributed by atoms with Gasteiger partial charge in [-0.05, 0) is 56.3 Å². The number of aromatic nitrogens is 2. The number of amides is 1. The highest BCUT2D eigenvalue weighted by atomic mass is 35.5. The topological polar surface area (TPSA) is 77.7 Å². The number of halogens is 1. The number of rotatable bonds is 6. The molecule has 1 aliphatic rings. The molecule has 2 aromatic carbocycles. The minimum Gasteiger partial charge on any atom is -0.495 e. The molecular formula is C22H22ClN3O4. The second-order valence-electron chi connectivity index (χ2n) is 7.37. The van der Waals surface area contributed by atoms with E-state index in [1.807, 2.05) is 44.2 Å². The Morgan fingerprint density at radius 1 is 1.20 bits per heavy atom. The average Bonchev–Trinajstić information content (AvgIpc) is 3.35. The van der Waals surface area contributed by atoms with Gasteiger partial charge in [0, 0.05) is 24.2 Å². The molecule has 1 aromatic heterocycles. The Hall–Kier alpha value is -3.06. The second kappa shape index (κ2) is 8.36. The number of hydrogen-bond donors (Lipinski definition) is 0. The molecule has 1 unspecified atom stereocenters. The molecule has 1 amide bonds. The number of carbonyl (C=O) groups is 1. The minimum absolute atomic E-state index is 0.0174. The van der Waals surface area contributed by atoms with Gasteiger partial charge in [0.2, 0.25) is 17.6 Å². The molecule has 8 heteroatoms. The molecule has 1 atom stereocenters. The summed E-state index contributed by atoms with van der Waals surface area (Å²) in [6, 6.07) is 12.8. The number of nitrogens with zero attached hydrogens (tertiary/aromatic N) is 3. The molecule has 30 heavy (non-hydrogen) atoms. The smallest absolute Gasteiger partial charge is 0.232 e. The first-order valence-electron chi connectivity index (χ1n) is 9.69. The van der Waals surface area contributed by atoms with Gasteiger partial charge in [-0.3, -0.25) is 4.79 Å². The highest BCUT2D eigenvalue weighted by Gasteiger charge is 2.35. The van der Waals surface area contributed by atoms with Crippen molar-refractivity contribution in [1.82, 2.24) is 10.1 Å². The van der Waals surface area contributed by atoms with Crippen molar-refractivity contribution < 1.29 is 18.8 Å². The zero-order valence-electron chi connectivity index (χ0n) is 17.0. The lowest BCUT2D eigenvalue weighted by molar-refractivity contribution is -0.117. The van der Waals surface area contributed by atoms with Gasteiger partial charge in [0.1, 0.15) is 11.5 Å². The first-order valence-corrected chi connectivity index (χ1v) is 10.1. The Morgan fingerprint density at radius 3 is 2.63 bits per heavy atom. The summed E-state index contributed by atoms with van der Waals surface area (Å²) in [5, 5.41) is 4.54. The normalized spacial score (nSPS) is 16.4. The third kappa shape index (κ3) is 4.11. The molecule has 1 fully saturated rings. The first-order chi connectivity index (χ1) is 14.4. The van der Waals surface area contributed by atoms with E-state index in [0.29, 0.717) is 41.1 Å². The van der Waals surface area contributed by atoms with Crippen LogP contribution in [0.1, 0.15) is 32.1 Å². The molecule has 0 N–H and O–H groups in total. The summed E-state index contributed by atoms with van der Waals surface area (Å²) in [5.74, 6) is 2.09. The molecule has 1 aliphatic heterocycles. The van der Waals surface area contributed by atoms with E-state index in [-0.39, 0.29) is 17.9 Å². The third-order valence-corrected chi connectivity index (χ3v) is 5.14. The van der Waals surface area contributed by atoms with Crippen LogP contribution in [0.15, 0.2) is 47.0 Å². The Balaban J connectivity index is 1.49. The largest absolute Gasteiger partial charge is 0.495 e. The maximum Gasteiger partial charge on any atom is 0.232 e. The summed E-state index contributed by atoms with van der Waals surface area (Å²) in [7, 11) is 1.55. The number of carbonyl (C=O) groups excluding carboxylic acids is 1. The average molecular weight is 428 g/mol. The molecule has 156 valence electrons. The molecule has 3 aromatic rings. The second-order valence-corrected chi connectivity index (χ2v) is 7.78. The fourth-order valence-corrected chi connectivity index (χ4v) is 3.67. The van der Waals surface area contributed by atoms with Crippen LogP contribution in [0, 0.1) is 0 Å². The lowest BCUT2D eigenvalue weighted by Gasteiger charge is -2.17. The van der Waals surface area contributed by atoms with Gasteiger partial charge >= 0.3 is 0 Å². The van der Waals surface area contributed by atoms with Crippen molar-refractivity contribution in [1.29, 1.82) is 0 Å². The van der Waals surface area contributed by atoms with Crippen LogP contribution >= 0.6 is 11.6 Å². The van der Waals surface area contributed by atoms with Gasteiger partial charge in [0.25, 0.3) is 0 Å². The number of methoxy groups -OCH3 is 1. The van der Waals surface area contributed by atoms with Gasteiger partial charge in [-0.2, -0.15) is 4.98 Å². The Morgan fingerprint density at radius 2 is 1.97 bits per heavy atom. The van der Waals surface area contributed by atoms with E-state index in [4.69, 9.17) is 25.6 Å². The Kier molecular flexibility index (Phi) is 5.63. The van der Waals surface area contributed by atoms with Gasteiger partial charge in [-0.1, -0.05) is 16.8 Å². The summed E-state index contributed by atoms with van der Waals surface area (Å²) in [6.07, 6.45) is 0.406. The van der Waals surface area contributed by atoms with Crippen LogP contribution in [0.4, 0.5) is 5.69 Å². The highest BCUT2D eigenvalue weighted by Crippen LogP contribution is 2.35. The number of anilines is 1. The zero-order chi connectivity index (χ0) is 21.3. The van der Waals surface area contributed by atoms with Gasteiger partial charge in [-0.25, -0.2) is 0 Å². The van der Waals surface area contributed by atoms with Crippen LogP contribution in [-0.2, 0) is 4.79 Å². The third-order valence-electron chi connectivity index (χ3n) is 4.85. The Labute approximate surface area is 179 Å². The lowest BCUT2D eigenvalue weighted by Crippen LogP contribution is -2.24. The summed E-state index contributed by atoms with van der Waals surface area (Å²) < 4.78 is 16.3. The van der Waals surface area contributed by atoms with Crippen molar-refractivity contribution in [3.63, 3.8) is 0 Å². The lowest BCUT2D eigenvalue weighted by atomic mass is 10.1. The van der Waals surface area contributed by atoms with Crippen molar-refractivity contribution in [3.05, 3.63) is 53.4 Å². The van der Waals surface area contributed by atoms with Crippen LogP contribution in [0.5, 0.6) is 11.5 Å². The van der Waals surface area contributed by atoms with Crippen LogP contribution < -0.4 is 14.4 Å². The molecule has 0 spiro atoms. The van der Waals surface area contributed by atoms with E-state index in [0.717, 1.165) is 11.3 Å². The summed E-state index contributed by atoms with van der Waals surface area (Å²) in [4.78, 5) is 18.8. The number of benzene rings is 2. The molecule has 2 heterocycles. The van der Waals surface area contributed by atoms with E-state index in [9.17, 15) is 4.79 Å². The van der Waals surface area contributed by atoms with Crippen LogP contribution in [-0.4, -0.2) is 35.8 Å². The number of hydrogen-bond acceptors (Lipinski definition) is 6. The van der Waals surface area contributed by atoms with E-state index in [2.05, 4.69) is 10.1 Å². The summed E-state index contributed by atoms with van der Waals surface area (Å²) in [6.45, 7) is 4.40. The quantitative estimate of drug-likeness (QED) is 0.567.